The molecule has 2 aromatic heterocycles. The molecule has 6 nitrogen and oxygen atoms in total. The van der Waals surface area contributed by atoms with Crippen molar-refractivity contribution in [2.75, 3.05) is 5.32 Å². The van der Waals surface area contributed by atoms with Crippen LogP contribution < -0.4 is 5.32 Å². The Morgan fingerprint density at radius 3 is 2.88 bits per heavy atom. The second kappa shape index (κ2) is 7.19. The molecule has 25 heavy (non-hydrogen) atoms. The van der Waals surface area contributed by atoms with Crippen molar-refractivity contribution in [2.45, 2.75) is 0 Å². The van der Waals surface area contributed by atoms with Crippen LogP contribution in [0.15, 0.2) is 55.1 Å². The summed E-state index contributed by atoms with van der Waals surface area (Å²) in [6.07, 6.45) is 10.1. The van der Waals surface area contributed by atoms with Crippen molar-refractivity contribution in [2.24, 2.45) is 7.05 Å². The number of rotatable bonds is 4. The van der Waals surface area contributed by atoms with Crippen LogP contribution in [0.4, 0.5) is 5.69 Å². The molecule has 0 aliphatic carbocycles. The van der Waals surface area contributed by atoms with Gasteiger partial charge in [0.15, 0.2) is 0 Å². The molecule has 1 amide bonds. The summed E-state index contributed by atoms with van der Waals surface area (Å²) in [5.74, 6) is -0.419. The van der Waals surface area contributed by atoms with E-state index in [4.69, 9.17) is 11.6 Å². The first-order valence-electron chi connectivity index (χ1n) is 7.43. The Bertz CT molecular complexity index is 950. The number of nitrogens with one attached hydrogen (secondary N) is 1. The number of aryl methyl sites for hydroxylation is 1. The molecule has 0 saturated heterocycles. The summed E-state index contributed by atoms with van der Waals surface area (Å²) in [6.45, 7) is 0. The van der Waals surface area contributed by atoms with Crippen molar-refractivity contribution in [1.29, 1.82) is 0 Å². The van der Waals surface area contributed by atoms with E-state index in [0.29, 0.717) is 5.69 Å². The number of hydrogen-bond donors (Lipinski definition) is 2. The van der Waals surface area contributed by atoms with E-state index in [1.807, 2.05) is 19.3 Å². The molecule has 3 aromatic rings. The number of aromatic nitrogens is 3. The van der Waals surface area contributed by atoms with E-state index >= 15 is 0 Å². The van der Waals surface area contributed by atoms with Gasteiger partial charge in [-0.25, -0.2) is 0 Å². The molecule has 0 aliphatic rings. The molecular weight excluding hydrogens is 340 g/mol. The van der Waals surface area contributed by atoms with Gasteiger partial charge in [-0.3, -0.25) is 14.5 Å². The Morgan fingerprint density at radius 1 is 1.32 bits per heavy atom. The van der Waals surface area contributed by atoms with Gasteiger partial charge in [0.2, 0.25) is 5.91 Å². The fourth-order valence-electron chi connectivity index (χ4n) is 2.30. The Hall–Kier alpha value is -3.12. The van der Waals surface area contributed by atoms with E-state index in [1.54, 1.807) is 35.4 Å². The van der Waals surface area contributed by atoms with Crippen LogP contribution in [0, 0.1) is 0 Å². The highest BCUT2D eigenvalue weighted by molar-refractivity contribution is 6.32. The molecule has 126 valence electrons. The van der Waals surface area contributed by atoms with Crippen LogP contribution in [0.2, 0.25) is 5.02 Å². The first-order valence-corrected chi connectivity index (χ1v) is 7.81. The lowest BCUT2D eigenvalue weighted by Gasteiger charge is -2.05. The fraction of sp³-hybridized carbons (Fsp3) is 0.0556. The zero-order valence-electron chi connectivity index (χ0n) is 13.3. The first-order chi connectivity index (χ1) is 12.0. The summed E-state index contributed by atoms with van der Waals surface area (Å²) >= 11 is 5.75. The molecule has 7 heteroatoms. The lowest BCUT2D eigenvalue weighted by Crippen LogP contribution is -2.07. The molecule has 0 saturated carbocycles. The number of nitrogens with zero attached hydrogens (tertiary/aromatic N) is 3. The minimum absolute atomic E-state index is 0.0884. The molecule has 0 atom stereocenters. The average molecular weight is 355 g/mol. The molecule has 1 aromatic carbocycles. The van der Waals surface area contributed by atoms with E-state index in [1.165, 1.54) is 18.2 Å². The minimum atomic E-state index is -0.331. The number of hydrogen-bond acceptors (Lipinski definition) is 4. The standard InChI is InChI=1S/C18H15ClN4O2/c1-23-11-13(10-21-23)15-6-7-20-9-12(15)2-5-18(25)22-14-3-4-16(19)17(24)8-14/h2-11,24H,1H3,(H,22,25)/b5-2+. The van der Waals surface area contributed by atoms with Crippen LogP contribution in [-0.4, -0.2) is 25.8 Å². The molecule has 0 unspecified atom stereocenters. The average Bonchev–Trinajstić information content (AvgIpc) is 3.03. The predicted molar refractivity (Wildman–Crippen MR) is 97.2 cm³/mol. The molecule has 0 spiro atoms. The van der Waals surface area contributed by atoms with Gasteiger partial charge in [0.05, 0.1) is 11.2 Å². The second-order valence-electron chi connectivity index (χ2n) is 5.35. The smallest absolute Gasteiger partial charge is 0.248 e. The maximum atomic E-state index is 12.1. The molecule has 2 heterocycles. The topological polar surface area (TPSA) is 80.0 Å². The summed E-state index contributed by atoms with van der Waals surface area (Å²) < 4.78 is 1.71. The van der Waals surface area contributed by atoms with Crippen LogP contribution in [0.3, 0.4) is 0 Å². The highest BCUT2D eigenvalue weighted by Crippen LogP contribution is 2.26. The molecule has 3 rings (SSSR count). The van der Waals surface area contributed by atoms with Crippen LogP contribution in [0.5, 0.6) is 5.75 Å². The number of phenols is 1. The minimum Gasteiger partial charge on any atom is -0.506 e. The van der Waals surface area contributed by atoms with Crippen LogP contribution >= 0.6 is 11.6 Å². The van der Waals surface area contributed by atoms with Gasteiger partial charge < -0.3 is 10.4 Å². The quantitative estimate of drug-likeness (QED) is 0.703. The highest BCUT2D eigenvalue weighted by Gasteiger charge is 2.06. The number of amides is 1. The number of aromatic hydroxyl groups is 1. The lowest BCUT2D eigenvalue weighted by molar-refractivity contribution is -0.111. The van der Waals surface area contributed by atoms with Crippen molar-refractivity contribution in [3.63, 3.8) is 0 Å². The van der Waals surface area contributed by atoms with Crippen molar-refractivity contribution >= 4 is 29.3 Å². The fourth-order valence-corrected chi connectivity index (χ4v) is 2.42. The summed E-state index contributed by atoms with van der Waals surface area (Å²) in [4.78, 5) is 16.2. The molecular formula is C18H15ClN4O2. The van der Waals surface area contributed by atoms with Crippen LogP contribution in [-0.2, 0) is 11.8 Å². The van der Waals surface area contributed by atoms with Gasteiger partial charge in [0.25, 0.3) is 0 Å². The largest absolute Gasteiger partial charge is 0.506 e. The number of phenolic OH excluding ortho intramolecular Hbond substituents is 1. The van der Waals surface area contributed by atoms with Crippen molar-refractivity contribution < 1.29 is 9.90 Å². The maximum absolute atomic E-state index is 12.1. The van der Waals surface area contributed by atoms with Crippen molar-refractivity contribution in [3.8, 4) is 16.9 Å². The third-order valence-corrected chi connectivity index (χ3v) is 3.82. The Labute approximate surface area is 149 Å². The third-order valence-electron chi connectivity index (χ3n) is 3.50. The Morgan fingerprint density at radius 2 is 2.16 bits per heavy atom. The van der Waals surface area contributed by atoms with Crippen LogP contribution in [0.25, 0.3) is 17.2 Å². The second-order valence-corrected chi connectivity index (χ2v) is 5.76. The van der Waals surface area contributed by atoms with Gasteiger partial charge >= 0.3 is 0 Å². The SMILES string of the molecule is Cn1cc(-c2ccncc2/C=C/C(=O)Nc2ccc(Cl)c(O)c2)cn1. The molecule has 0 bridgehead atoms. The highest BCUT2D eigenvalue weighted by atomic mass is 35.5. The molecule has 0 aliphatic heterocycles. The van der Waals surface area contributed by atoms with Crippen molar-refractivity contribution in [3.05, 3.63) is 65.7 Å². The maximum Gasteiger partial charge on any atom is 0.248 e. The third kappa shape index (κ3) is 4.05. The Kier molecular flexibility index (Phi) is 4.81. The summed E-state index contributed by atoms with van der Waals surface area (Å²) in [7, 11) is 1.84. The van der Waals surface area contributed by atoms with E-state index in [9.17, 15) is 9.90 Å². The number of benzene rings is 1. The van der Waals surface area contributed by atoms with E-state index in [2.05, 4.69) is 15.4 Å². The van der Waals surface area contributed by atoms with Crippen LogP contribution in [0.1, 0.15) is 5.56 Å². The monoisotopic (exact) mass is 354 g/mol. The van der Waals surface area contributed by atoms with E-state index in [0.717, 1.165) is 16.7 Å². The van der Waals surface area contributed by atoms with E-state index < -0.39 is 0 Å². The number of pyridine rings is 1. The van der Waals surface area contributed by atoms with Gasteiger partial charge in [-0.15, -0.1) is 0 Å². The molecule has 2 N–H and O–H groups in total. The van der Waals surface area contributed by atoms with Gasteiger partial charge in [0, 0.05) is 54.6 Å². The molecule has 0 fully saturated rings. The van der Waals surface area contributed by atoms with Gasteiger partial charge in [-0.05, 0) is 29.8 Å². The number of carbonyl (C=O) groups is 1. The lowest BCUT2D eigenvalue weighted by atomic mass is 10.0. The summed E-state index contributed by atoms with van der Waals surface area (Å²) in [6, 6.07) is 6.38. The Balaban J connectivity index is 1.77. The zero-order valence-corrected chi connectivity index (χ0v) is 14.1. The number of carbonyl (C=O) groups excluding carboxylic acids is 1. The van der Waals surface area contributed by atoms with Crippen molar-refractivity contribution in [1.82, 2.24) is 14.8 Å². The van der Waals surface area contributed by atoms with Gasteiger partial charge in [-0.1, -0.05) is 11.6 Å². The van der Waals surface area contributed by atoms with E-state index in [-0.39, 0.29) is 16.7 Å². The normalized spacial score (nSPS) is 11.0. The number of halogens is 1. The zero-order chi connectivity index (χ0) is 17.8. The van der Waals surface area contributed by atoms with Gasteiger partial charge in [0.1, 0.15) is 5.75 Å². The van der Waals surface area contributed by atoms with Gasteiger partial charge in [-0.2, -0.15) is 5.10 Å². The summed E-state index contributed by atoms with van der Waals surface area (Å²) in [5, 5.41) is 16.6. The first kappa shape index (κ1) is 16.7. The number of anilines is 1. The predicted octanol–water partition coefficient (Wildman–Crippen LogP) is 3.49. The molecule has 0 radical (unpaired) electrons. The summed E-state index contributed by atoms with van der Waals surface area (Å²) in [5.41, 5.74) is 3.11.